The molecule has 0 spiro atoms. The van der Waals surface area contributed by atoms with Crippen molar-refractivity contribution in [3.63, 3.8) is 0 Å². The second kappa shape index (κ2) is 10.6. The number of ether oxygens (including phenoxy) is 1. The van der Waals surface area contributed by atoms with Crippen LogP contribution >= 0.6 is 11.8 Å². The largest absolute Gasteiger partial charge is 0.449 e. The van der Waals surface area contributed by atoms with Gasteiger partial charge in [-0.1, -0.05) is 38.1 Å². The van der Waals surface area contributed by atoms with Crippen molar-refractivity contribution >= 4 is 28.9 Å². The maximum absolute atomic E-state index is 13.8. The molecular weight excluding hydrogens is 553 g/mol. The molecule has 4 aliphatic rings. The maximum atomic E-state index is 13.8. The van der Waals surface area contributed by atoms with Crippen LogP contribution in [0.5, 0.6) is 0 Å². The zero-order valence-electron chi connectivity index (χ0n) is 24.4. The van der Waals surface area contributed by atoms with Gasteiger partial charge in [-0.15, -0.1) is 0 Å². The Kier molecular flexibility index (Phi) is 7.38. The molecule has 0 aliphatic heterocycles. The third kappa shape index (κ3) is 4.28. The average molecular weight is 592 g/mol. The summed E-state index contributed by atoms with van der Waals surface area (Å²) in [5.41, 5.74) is 1.95. The number of nitrogens with zero attached hydrogens (tertiary/aromatic N) is 3. The van der Waals surface area contributed by atoms with Crippen molar-refractivity contribution in [3.8, 4) is 11.8 Å². The summed E-state index contributed by atoms with van der Waals surface area (Å²) >= 11 is 1.09. The molecule has 1 heterocycles. The van der Waals surface area contributed by atoms with Crippen LogP contribution in [-0.4, -0.2) is 43.4 Å². The maximum Gasteiger partial charge on any atom is 0.306 e. The predicted molar refractivity (Wildman–Crippen MR) is 158 cm³/mol. The van der Waals surface area contributed by atoms with E-state index >= 15 is 0 Å². The second-order valence-corrected chi connectivity index (χ2v) is 14.0. The van der Waals surface area contributed by atoms with Crippen molar-refractivity contribution < 1.29 is 23.8 Å². The van der Waals surface area contributed by atoms with Crippen molar-refractivity contribution in [1.82, 2.24) is 9.78 Å². The average Bonchev–Trinajstić information content (AvgIpc) is 3.49. The van der Waals surface area contributed by atoms with Gasteiger partial charge in [0.15, 0.2) is 5.60 Å². The van der Waals surface area contributed by atoms with Crippen LogP contribution in [0, 0.1) is 45.7 Å². The fourth-order valence-electron chi connectivity index (χ4n) is 9.08. The van der Waals surface area contributed by atoms with Crippen molar-refractivity contribution in [1.29, 1.82) is 5.26 Å². The molecule has 0 bridgehead atoms. The van der Waals surface area contributed by atoms with Crippen molar-refractivity contribution in [2.75, 3.05) is 5.75 Å². The Labute approximate surface area is 250 Å². The van der Waals surface area contributed by atoms with Gasteiger partial charge in [0.2, 0.25) is 5.12 Å². The van der Waals surface area contributed by atoms with Gasteiger partial charge < -0.3 is 9.84 Å². The third-order valence-electron chi connectivity index (χ3n) is 11.0. The Morgan fingerprint density at radius 3 is 2.74 bits per heavy atom. The van der Waals surface area contributed by atoms with Crippen molar-refractivity contribution in [3.05, 3.63) is 53.1 Å². The lowest BCUT2D eigenvalue weighted by molar-refractivity contribution is -0.196. The SMILES string of the molecule is CCC(=O)O[C@]1(C(=O)SCCC#N)CC[C@H]2[C@@H]3CCC4=Cc5c(cnn5-c5ccc(F)cc5)C[C@]4(C)[C@H]3[C@@H](O)C[C@@]21C. The van der Waals surface area contributed by atoms with E-state index in [1.165, 1.54) is 17.7 Å². The van der Waals surface area contributed by atoms with Crippen LogP contribution in [0.3, 0.4) is 0 Å². The first-order chi connectivity index (χ1) is 20.1. The van der Waals surface area contributed by atoms with Gasteiger partial charge in [-0.25, -0.2) is 9.07 Å². The topological polar surface area (TPSA) is 105 Å². The van der Waals surface area contributed by atoms with Crippen LogP contribution in [0.4, 0.5) is 4.39 Å². The molecule has 9 heteroatoms. The number of hydrogen-bond acceptors (Lipinski definition) is 7. The Hall–Kier alpha value is -2.96. The van der Waals surface area contributed by atoms with E-state index in [1.807, 2.05) is 10.9 Å². The number of allylic oxidation sites excluding steroid dienone is 1. The Morgan fingerprint density at radius 2 is 2.02 bits per heavy atom. The number of carbonyl (C=O) groups excluding carboxylic acids is 2. The van der Waals surface area contributed by atoms with Crippen LogP contribution < -0.4 is 0 Å². The lowest BCUT2D eigenvalue weighted by Crippen LogP contribution is -2.62. The number of benzene rings is 1. The van der Waals surface area contributed by atoms with Crippen LogP contribution in [0.25, 0.3) is 11.8 Å². The molecule has 0 unspecified atom stereocenters. The van der Waals surface area contributed by atoms with E-state index in [-0.39, 0.29) is 46.9 Å². The van der Waals surface area contributed by atoms with Gasteiger partial charge in [-0.05, 0) is 97.6 Å². The van der Waals surface area contributed by atoms with E-state index < -0.39 is 23.1 Å². The summed E-state index contributed by atoms with van der Waals surface area (Å²) < 4.78 is 21.6. The molecule has 7 atom stereocenters. The van der Waals surface area contributed by atoms with E-state index in [4.69, 9.17) is 10.00 Å². The Morgan fingerprint density at radius 1 is 1.26 bits per heavy atom. The van der Waals surface area contributed by atoms with Gasteiger partial charge in [0, 0.05) is 24.0 Å². The minimum atomic E-state index is -1.30. The summed E-state index contributed by atoms with van der Waals surface area (Å²) in [6, 6.07) is 8.44. The number of aromatic nitrogens is 2. The molecule has 222 valence electrons. The first-order valence-electron chi connectivity index (χ1n) is 15.1. The van der Waals surface area contributed by atoms with E-state index in [0.29, 0.717) is 18.6 Å². The number of hydrogen-bond donors (Lipinski definition) is 1. The quantitative estimate of drug-likeness (QED) is 0.323. The first-order valence-corrected chi connectivity index (χ1v) is 16.0. The van der Waals surface area contributed by atoms with Gasteiger partial charge in [0.25, 0.3) is 0 Å². The lowest BCUT2D eigenvalue weighted by Gasteiger charge is -2.60. The van der Waals surface area contributed by atoms with Crippen LogP contribution in [0.15, 0.2) is 36.0 Å². The summed E-state index contributed by atoms with van der Waals surface area (Å²) in [5, 5.41) is 25.5. The standard InChI is InChI=1S/C33H38FN3O4S/c1-4-28(39)41-33(30(40)42-15-5-14-35)13-12-25-24-11-6-21-16-26-20(19-36-37(26)23-9-7-22(34)8-10-23)17-31(21,2)29(24)27(38)18-32(25,33)3/h7-10,16,19,24-25,27,29,38H,4-6,11-13,15,17-18H2,1-3H3/t24-,25-,27-,29+,31-,32-,33-/m0/s1. The highest BCUT2D eigenvalue weighted by molar-refractivity contribution is 8.13. The highest BCUT2D eigenvalue weighted by Gasteiger charge is 2.70. The van der Waals surface area contributed by atoms with E-state index in [2.05, 4.69) is 31.1 Å². The summed E-state index contributed by atoms with van der Waals surface area (Å²) in [6.45, 7) is 6.05. The number of aliphatic hydroxyl groups excluding tert-OH is 1. The normalized spacial score (nSPS) is 34.7. The van der Waals surface area contributed by atoms with Gasteiger partial charge >= 0.3 is 5.97 Å². The number of halogens is 1. The molecule has 3 fully saturated rings. The number of carbonyl (C=O) groups is 2. The number of fused-ring (bicyclic) bond motifs is 6. The summed E-state index contributed by atoms with van der Waals surface area (Å²) in [4.78, 5) is 26.6. The third-order valence-corrected chi connectivity index (χ3v) is 12.0. The highest BCUT2D eigenvalue weighted by Crippen LogP contribution is 2.68. The zero-order chi connectivity index (χ0) is 29.9. The molecule has 1 aromatic heterocycles. The highest BCUT2D eigenvalue weighted by atomic mass is 32.2. The van der Waals surface area contributed by atoms with Gasteiger partial charge in [0.1, 0.15) is 5.82 Å². The second-order valence-electron chi connectivity index (χ2n) is 13.0. The number of esters is 1. The van der Waals surface area contributed by atoms with E-state index in [1.54, 1.807) is 19.1 Å². The number of aliphatic hydroxyl groups is 1. The molecule has 4 aliphatic carbocycles. The molecule has 6 rings (SSSR count). The summed E-state index contributed by atoms with van der Waals surface area (Å²) in [6.07, 6.45) is 7.95. The van der Waals surface area contributed by atoms with Crippen molar-refractivity contribution in [2.45, 2.75) is 83.8 Å². The molecular formula is C33H38FN3O4S. The minimum absolute atomic E-state index is 0.00285. The lowest BCUT2D eigenvalue weighted by atomic mass is 9.45. The molecule has 1 aromatic carbocycles. The molecule has 0 saturated heterocycles. The Bertz CT molecular complexity index is 1480. The molecule has 42 heavy (non-hydrogen) atoms. The monoisotopic (exact) mass is 591 g/mol. The number of thioether (sulfide) groups is 1. The number of rotatable bonds is 6. The fraction of sp³-hybridized carbons (Fsp3) is 0.576. The summed E-state index contributed by atoms with van der Waals surface area (Å²) in [7, 11) is 0. The zero-order valence-corrected chi connectivity index (χ0v) is 25.3. The van der Waals surface area contributed by atoms with Gasteiger partial charge in [-0.2, -0.15) is 10.4 Å². The van der Waals surface area contributed by atoms with Crippen LogP contribution in [0.1, 0.15) is 77.0 Å². The molecule has 3 saturated carbocycles. The van der Waals surface area contributed by atoms with Crippen LogP contribution in [-0.2, 0) is 20.7 Å². The summed E-state index contributed by atoms with van der Waals surface area (Å²) in [5.74, 6) is -0.0360. The van der Waals surface area contributed by atoms with Crippen LogP contribution in [0.2, 0.25) is 0 Å². The first kappa shape index (κ1) is 29.1. The molecule has 1 N–H and O–H groups in total. The number of nitriles is 1. The fourth-order valence-corrected chi connectivity index (χ4v) is 10.1. The van der Waals surface area contributed by atoms with Gasteiger partial charge in [-0.3, -0.25) is 9.59 Å². The smallest absolute Gasteiger partial charge is 0.306 e. The molecule has 2 aromatic rings. The van der Waals surface area contributed by atoms with Crippen molar-refractivity contribution in [2.24, 2.45) is 28.6 Å². The van der Waals surface area contributed by atoms with Gasteiger partial charge in [0.05, 0.1) is 29.8 Å². The predicted octanol–water partition coefficient (Wildman–Crippen LogP) is 6.03. The molecule has 0 radical (unpaired) electrons. The molecule has 7 nitrogen and oxygen atoms in total. The van der Waals surface area contributed by atoms with E-state index in [0.717, 1.165) is 54.4 Å². The minimum Gasteiger partial charge on any atom is -0.449 e. The molecule has 0 amide bonds. The Balaban J connectivity index is 1.33. The van der Waals surface area contributed by atoms with E-state index in [9.17, 15) is 19.1 Å².